The average molecular weight is 479 g/mol. The molecule has 7 nitrogen and oxygen atoms in total. The highest BCUT2D eigenvalue weighted by molar-refractivity contribution is 14.1. The van der Waals surface area contributed by atoms with Crippen molar-refractivity contribution >= 4 is 40.0 Å². The summed E-state index contributed by atoms with van der Waals surface area (Å²) in [6, 6.07) is 9.83. The van der Waals surface area contributed by atoms with Gasteiger partial charge in [0.25, 0.3) is 5.91 Å². The number of morpholine rings is 1. The lowest BCUT2D eigenvalue weighted by Gasteiger charge is -2.36. The van der Waals surface area contributed by atoms with E-state index in [4.69, 9.17) is 4.74 Å². The number of carbonyl (C=O) groups excluding carboxylic acids is 1. The number of ether oxygens (including phenoxy) is 1. The van der Waals surface area contributed by atoms with E-state index in [0.717, 1.165) is 60.0 Å². The second-order valence-electron chi connectivity index (χ2n) is 6.63. The summed E-state index contributed by atoms with van der Waals surface area (Å²) in [7, 11) is 0. The van der Waals surface area contributed by atoms with E-state index in [1.807, 2.05) is 35.4 Å². The fourth-order valence-corrected chi connectivity index (χ4v) is 4.06. The first kappa shape index (κ1) is 18.4. The number of benzene rings is 1. The normalized spacial score (nSPS) is 17.9. The highest BCUT2D eigenvalue weighted by Crippen LogP contribution is 2.22. The molecule has 0 spiro atoms. The van der Waals surface area contributed by atoms with Crippen molar-refractivity contribution in [1.29, 1.82) is 0 Å². The molecule has 0 N–H and O–H groups in total. The molecule has 27 heavy (non-hydrogen) atoms. The van der Waals surface area contributed by atoms with Crippen molar-refractivity contribution in [3.8, 4) is 0 Å². The number of amides is 1. The molecular formula is C19H22IN5O2. The minimum Gasteiger partial charge on any atom is -0.378 e. The minimum atomic E-state index is 0.104. The molecule has 3 heterocycles. The molecule has 2 saturated heterocycles. The zero-order valence-electron chi connectivity index (χ0n) is 15.1. The predicted molar refractivity (Wildman–Crippen MR) is 112 cm³/mol. The summed E-state index contributed by atoms with van der Waals surface area (Å²) in [4.78, 5) is 19.2. The Kier molecular flexibility index (Phi) is 5.72. The van der Waals surface area contributed by atoms with Crippen LogP contribution in [0.2, 0.25) is 0 Å². The van der Waals surface area contributed by atoms with Crippen LogP contribution in [0.25, 0.3) is 0 Å². The topological polar surface area (TPSA) is 61.8 Å². The molecule has 2 fully saturated rings. The van der Waals surface area contributed by atoms with E-state index in [-0.39, 0.29) is 5.91 Å². The van der Waals surface area contributed by atoms with E-state index in [1.165, 1.54) is 0 Å². The summed E-state index contributed by atoms with van der Waals surface area (Å²) >= 11 is 2.22. The zero-order valence-corrected chi connectivity index (χ0v) is 17.2. The third kappa shape index (κ3) is 4.16. The standard InChI is InChI=1S/C19H22IN5O2/c20-17-4-2-1-3-16(17)19(26)25-7-5-24(6-8-25)18-13-15(14-21-22-18)23-9-11-27-12-10-23/h1-4,13-14H,5-12H2. The Labute approximate surface area is 172 Å². The van der Waals surface area contributed by atoms with Gasteiger partial charge in [-0.2, -0.15) is 5.10 Å². The van der Waals surface area contributed by atoms with Gasteiger partial charge in [-0.25, -0.2) is 0 Å². The summed E-state index contributed by atoms with van der Waals surface area (Å²) in [5.74, 6) is 0.980. The van der Waals surface area contributed by atoms with E-state index in [0.29, 0.717) is 13.1 Å². The highest BCUT2D eigenvalue weighted by atomic mass is 127. The van der Waals surface area contributed by atoms with Crippen LogP contribution in [0.3, 0.4) is 0 Å². The zero-order chi connectivity index (χ0) is 18.6. The number of hydrogen-bond donors (Lipinski definition) is 0. The Hall–Kier alpha value is -1.94. The molecule has 2 aliphatic rings. The van der Waals surface area contributed by atoms with Crippen LogP contribution in [0.4, 0.5) is 11.5 Å². The summed E-state index contributed by atoms with van der Waals surface area (Å²) in [5.41, 5.74) is 1.86. The van der Waals surface area contributed by atoms with Crippen molar-refractivity contribution in [2.75, 3.05) is 62.3 Å². The van der Waals surface area contributed by atoms with Gasteiger partial charge in [0.2, 0.25) is 0 Å². The Morgan fingerprint density at radius 1 is 1.00 bits per heavy atom. The number of rotatable bonds is 3. The predicted octanol–water partition coefficient (Wildman–Crippen LogP) is 1.88. The maximum atomic E-state index is 12.8. The molecule has 2 aromatic rings. The molecule has 142 valence electrons. The third-order valence-corrected chi connectivity index (χ3v) is 5.94. The molecule has 1 aromatic carbocycles. The quantitative estimate of drug-likeness (QED) is 0.627. The van der Waals surface area contributed by atoms with Crippen molar-refractivity contribution in [3.63, 3.8) is 0 Å². The molecule has 4 rings (SSSR count). The number of carbonyl (C=O) groups is 1. The lowest BCUT2D eigenvalue weighted by atomic mass is 10.2. The summed E-state index contributed by atoms with van der Waals surface area (Å²) < 4.78 is 6.41. The molecule has 0 atom stereocenters. The molecule has 0 radical (unpaired) electrons. The van der Waals surface area contributed by atoms with Crippen molar-refractivity contribution < 1.29 is 9.53 Å². The lowest BCUT2D eigenvalue weighted by Crippen LogP contribution is -2.49. The fraction of sp³-hybridized carbons (Fsp3) is 0.421. The van der Waals surface area contributed by atoms with Gasteiger partial charge in [-0.15, -0.1) is 5.10 Å². The van der Waals surface area contributed by atoms with Crippen LogP contribution in [-0.4, -0.2) is 73.5 Å². The Balaban J connectivity index is 1.40. The molecular weight excluding hydrogens is 457 g/mol. The van der Waals surface area contributed by atoms with Crippen LogP contribution < -0.4 is 9.80 Å². The van der Waals surface area contributed by atoms with Crippen molar-refractivity contribution in [2.45, 2.75) is 0 Å². The first-order valence-electron chi connectivity index (χ1n) is 9.16. The Morgan fingerprint density at radius 2 is 1.74 bits per heavy atom. The van der Waals surface area contributed by atoms with E-state index < -0.39 is 0 Å². The van der Waals surface area contributed by atoms with E-state index in [9.17, 15) is 4.79 Å². The molecule has 2 aliphatic heterocycles. The van der Waals surface area contributed by atoms with Gasteiger partial charge in [-0.05, 0) is 34.7 Å². The van der Waals surface area contributed by atoms with Gasteiger partial charge < -0.3 is 19.4 Å². The van der Waals surface area contributed by atoms with Crippen molar-refractivity contribution in [2.24, 2.45) is 0 Å². The smallest absolute Gasteiger partial charge is 0.255 e. The second-order valence-corrected chi connectivity index (χ2v) is 7.79. The Morgan fingerprint density at radius 3 is 2.48 bits per heavy atom. The summed E-state index contributed by atoms with van der Waals surface area (Å²) in [5, 5.41) is 8.51. The van der Waals surface area contributed by atoms with Crippen molar-refractivity contribution in [1.82, 2.24) is 15.1 Å². The largest absolute Gasteiger partial charge is 0.378 e. The summed E-state index contributed by atoms with van der Waals surface area (Å²) in [6.07, 6.45) is 1.81. The van der Waals surface area contributed by atoms with E-state index in [2.05, 4.69) is 48.7 Å². The van der Waals surface area contributed by atoms with Crippen LogP contribution >= 0.6 is 22.6 Å². The second kappa shape index (κ2) is 8.39. The number of hydrogen-bond acceptors (Lipinski definition) is 6. The number of nitrogens with zero attached hydrogens (tertiary/aromatic N) is 5. The molecule has 0 bridgehead atoms. The molecule has 1 amide bonds. The van der Waals surface area contributed by atoms with Gasteiger partial charge in [0.15, 0.2) is 5.82 Å². The SMILES string of the molecule is O=C(c1ccccc1I)N1CCN(c2cc(N3CCOCC3)cnn2)CC1. The van der Waals surface area contributed by atoms with Crippen molar-refractivity contribution in [3.05, 3.63) is 45.7 Å². The monoisotopic (exact) mass is 479 g/mol. The van der Waals surface area contributed by atoms with Gasteiger partial charge in [0, 0.05) is 48.9 Å². The average Bonchev–Trinajstić information content (AvgIpc) is 2.74. The van der Waals surface area contributed by atoms with Crippen LogP contribution in [0.1, 0.15) is 10.4 Å². The third-order valence-electron chi connectivity index (χ3n) is 5.00. The molecule has 0 unspecified atom stereocenters. The van der Waals surface area contributed by atoms with Crippen LogP contribution in [0.15, 0.2) is 36.5 Å². The van der Waals surface area contributed by atoms with E-state index >= 15 is 0 Å². The number of halogens is 1. The molecule has 0 saturated carbocycles. The van der Waals surface area contributed by atoms with Crippen LogP contribution in [-0.2, 0) is 4.74 Å². The summed E-state index contributed by atoms with van der Waals surface area (Å²) in [6.45, 7) is 6.15. The molecule has 0 aliphatic carbocycles. The number of anilines is 2. The molecule has 1 aromatic heterocycles. The maximum Gasteiger partial charge on any atom is 0.255 e. The number of piperazine rings is 1. The fourth-order valence-electron chi connectivity index (χ4n) is 3.44. The van der Waals surface area contributed by atoms with Gasteiger partial charge in [0.1, 0.15) is 0 Å². The van der Waals surface area contributed by atoms with Crippen LogP contribution in [0.5, 0.6) is 0 Å². The van der Waals surface area contributed by atoms with Gasteiger partial charge in [-0.3, -0.25) is 4.79 Å². The molecule has 8 heteroatoms. The highest BCUT2D eigenvalue weighted by Gasteiger charge is 2.24. The first-order chi connectivity index (χ1) is 13.2. The van der Waals surface area contributed by atoms with Gasteiger partial charge in [-0.1, -0.05) is 12.1 Å². The van der Waals surface area contributed by atoms with E-state index in [1.54, 1.807) is 0 Å². The lowest BCUT2D eigenvalue weighted by molar-refractivity contribution is 0.0745. The number of aromatic nitrogens is 2. The van der Waals surface area contributed by atoms with Gasteiger partial charge >= 0.3 is 0 Å². The maximum absolute atomic E-state index is 12.8. The van der Waals surface area contributed by atoms with Gasteiger partial charge in [0.05, 0.1) is 30.7 Å². The van der Waals surface area contributed by atoms with Crippen LogP contribution in [0, 0.1) is 3.57 Å². The first-order valence-corrected chi connectivity index (χ1v) is 10.2. The Bertz CT molecular complexity index is 804. The minimum absolute atomic E-state index is 0.104.